The summed E-state index contributed by atoms with van der Waals surface area (Å²) in [4.78, 5) is 114. The van der Waals surface area contributed by atoms with E-state index >= 15 is 0 Å². The van der Waals surface area contributed by atoms with E-state index in [4.69, 9.17) is 26.0 Å². The zero-order chi connectivity index (χ0) is 36.9. The van der Waals surface area contributed by atoms with E-state index in [0.717, 1.165) is 16.7 Å². The van der Waals surface area contributed by atoms with E-state index in [1.165, 1.54) is 29.2 Å². The zero-order valence-electron chi connectivity index (χ0n) is 28.2. The largest absolute Gasteiger partial charge is 1.00 e. The standard InChI is InChI=1S/C28H32N8O13S.Na.H/c1-2-34-7-8-35(22(40)21(34)39)27(46)33-16(12-3-5-14(6-4-12)31-28(47)49-10-15(29)24(41)42)19(37)32-17-20(38)36-18(25(43)44)13(9-48-26(30)45)11-50-23(17)36;;/h3-6,15-17,23H,2,7-11,29H2,1H3,(H2,30,45)(H,31,47)(H,32,37)(H,33,46)(H,41,42)(H,43,44);;/q;+1;-1/t15-,16-,17-,23-;;/m1../s1. The summed E-state index contributed by atoms with van der Waals surface area (Å²) in [5, 5.41) is 24.9. The van der Waals surface area contributed by atoms with E-state index in [0.29, 0.717) is 4.90 Å². The van der Waals surface area contributed by atoms with Crippen LogP contribution in [-0.4, -0.2) is 135 Å². The van der Waals surface area contributed by atoms with E-state index in [-0.39, 0.29) is 73.2 Å². The average Bonchev–Trinajstić information content (AvgIpc) is 3.08. The number of benzene rings is 1. The van der Waals surface area contributed by atoms with Crippen molar-refractivity contribution in [1.29, 1.82) is 0 Å². The number of anilines is 1. The van der Waals surface area contributed by atoms with E-state index in [9.17, 15) is 48.3 Å². The van der Waals surface area contributed by atoms with Crippen molar-refractivity contribution < 1.29 is 93.8 Å². The number of imide groups is 1. The number of carboxylic acid groups (broad SMARTS) is 2. The first-order valence-electron chi connectivity index (χ1n) is 14.7. The van der Waals surface area contributed by atoms with Crippen LogP contribution in [-0.2, 0) is 38.2 Å². The molecule has 23 heteroatoms. The number of likely N-dealkylation sites (N-methyl/N-ethyl adjacent to an activating group) is 1. The van der Waals surface area contributed by atoms with Crippen LogP contribution in [0.15, 0.2) is 35.5 Å². The molecule has 270 valence electrons. The fourth-order valence-electron chi connectivity index (χ4n) is 5.01. The molecular weight excluding hydrogens is 711 g/mol. The Morgan fingerprint density at radius 3 is 2.29 bits per heavy atom. The van der Waals surface area contributed by atoms with Gasteiger partial charge in [-0.15, -0.1) is 11.8 Å². The molecule has 0 bridgehead atoms. The smallest absolute Gasteiger partial charge is 1.00 e. The van der Waals surface area contributed by atoms with Crippen LogP contribution in [0.4, 0.5) is 20.1 Å². The monoisotopic (exact) mass is 744 g/mol. The number of ether oxygens (including phenoxy) is 2. The van der Waals surface area contributed by atoms with Crippen molar-refractivity contribution in [2.24, 2.45) is 11.5 Å². The second-order valence-electron chi connectivity index (χ2n) is 10.8. The molecule has 4 rings (SSSR count). The number of hydrogen-bond donors (Lipinski definition) is 7. The van der Waals surface area contributed by atoms with E-state index < -0.39 is 96.2 Å². The zero-order valence-corrected chi connectivity index (χ0v) is 30.0. The number of nitrogens with two attached hydrogens (primary N) is 2. The number of urea groups is 1. The van der Waals surface area contributed by atoms with Gasteiger partial charge in [0, 0.05) is 36.6 Å². The predicted octanol–water partition coefficient (Wildman–Crippen LogP) is -4.96. The molecule has 0 aliphatic carbocycles. The second-order valence-corrected chi connectivity index (χ2v) is 11.9. The Labute approximate surface area is 316 Å². The Morgan fingerprint density at radius 1 is 1.04 bits per heavy atom. The summed E-state index contributed by atoms with van der Waals surface area (Å²) in [5.41, 5.74) is 10.2. The number of amides is 8. The first kappa shape index (κ1) is 40.5. The van der Waals surface area contributed by atoms with Gasteiger partial charge in [-0.2, -0.15) is 0 Å². The maximum absolute atomic E-state index is 13.7. The Hall–Kier alpha value is -4.90. The molecule has 51 heavy (non-hydrogen) atoms. The summed E-state index contributed by atoms with van der Waals surface area (Å²) < 4.78 is 9.46. The quantitative estimate of drug-likeness (QED) is 0.0599. The van der Waals surface area contributed by atoms with Crippen LogP contribution in [0.25, 0.3) is 0 Å². The number of fused-ring (bicyclic) bond motifs is 1. The van der Waals surface area contributed by atoms with Gasteiger partial charge < -0.3 is 48.1 Å². The van der Waals surface area contributed by atoms with Crippen molar-refractivity contribution in [3.8, 4) is 0 Å². The van der Waals surface area contributed by atoms with Crippen LogP contribution in [0, 0.1) is 0 Å². The van der Waals surface area contributed by atoms with Gasteiger partial charge in [0.25, 0.3) is 5.91 Å². The number of carbonyl (C=O) groups is 9. The summed E-state index contributed by atoms with van der Waals surface area (Å²) in [5.74, 6) is -6.66. The van der Waals surface area contributed by atoms with Crippen molar-refractivity contribution in [2.45, 2.75) is 30.4 Å². The summed E-state index contributed by atoms with van der Waals surface area (Å²) >= 11 is 1.07. The number of nitrogens with one attached hydrogen (secondary N) is 3. The number of nitrogens with zero attached hydrogens (tertiary/aromatic N) is 3. The molecule has 3 aliphatic rings. The fourth-order valence-corrected chi connectivity index (χ4v) is 6.34. The van der Waals surface area contributed by atoms with Crippen molar-refractivity contribution in [3.05, 3.63) is 41.1 Å². The number of aliphatic carboxylic acids is 2. The van der Waals surface area contributed by atoms with Crippen LogP contribution >= 0.6 is 11.8 Å². The van der Waals surface area contributed by atoms with Gasteiger partial charge in [-0.25, -0.2) is 19.2 Å². The third-order valence-electron chi connectivity index (χ3n) is 7.60. The number of carbonyl (C=O) groups excluding carboxylic acids is 7. The van der Waals surface area contributed by atoms with Crippen LogP contribution in [0.5, 0.6) is 0 Å². The number of hydrogen-bond acceptors (Lipinski definition) is 13. The average molecular weight is 745 g/mol. The fraction of sp³-hybridized carbons (Fsp3) is 0.393. The van der Waals surface area contributed by atoms with Gasteiger partial charge in [-0.1, -0.05) is 12.1 Å². The summed E-state index contributed by atoms with van der Waals surface area (Å²) in [6.07, 6.45) is -2.19. The van der Waals surface area contributed by atoms with Gasteiger partial charge in [0.15, 0.2) is 0 Å². The minimum atomic E-state index is -1.59. The molecule has 1 aromatic rings. The molecule has 4 atom stereocenters. The minimum Gasteiger partial charge on any atom is -1.00 e. The van der Waals surface area contributed by atoms with Crippen LogP contribution in [0.1, 0.15) is 20.0 Å². The molecular formula is C28H33N8NaO13S. The molecule has 0 spiro atoms. The maximum atomic E-state index is 13.7. The Bertz CT molecular complexity index is 1670. The van der Waals surface area contributed by atoms with Crippen molar-refractivity contribution >= 4 is 71.2 Å². The third-order valence-corrected chi connectivity index (χ3v) is 8.94. The van der Waals surface area contributed by atoms with Gasteiger partial charge in [-0.05, 0) is 24.6 Å². The molecule has 3 aliphatic heterocycles. The van der Waals surface area contributed by atoms with Crippen molar-refractivity contribution in [2.75, 3.05) is 43.9 Å². The molecule has 2 fully saturated rings. The topological polar surface area (TPSA) is 310 Å². The van der Waals surface area contributed by atoms with E-state index in [2.05, 4.69) is 16.0 Å². The molecule has 8 amide bonds. The molecule has 9 N–H and O–H groups in total. The maximum Gasteiger partial charge on any atom is 1.00 e. The number of rotatable bonds is 12. The van der Waals surface area contributed by atoms with Crippen molar-refractivity contribution in [1.82, 2.24) is 25.3 Å². The minimum absolute atomic E-state index is 0. The number of β-lactam (4-membered cyclic amide) rings is 1. The van der Waals surface area contributed by atoms with Crippen molar-refractivity contribution in [3.63, 3.8) is 0 Å². The normalized spacial score (nSPS) is 19.4. The van der Waals surface area contributed by atoms with E-state index in [1.807, 2.05) is 0 Å². The first-order valence-corrected chi connectivity index (χ1v) is 15.7. The Kier molecular flexibility index (Phi) is 13.8. The Balaban J connectivity index is 0.00000468. The molecule has 2 saturated heterocycles. The second kappa shape index (κ2) is 17.4. The summed E-state index contributed by atoms with van der Waals surface area (Å²) in [6.45, 7) is 0.673. The molecule has 3 heterocycles. The predicted molar refractivity (Wildman–Crippen MR) is 169 cm³/mol. The van der Waals surface area contributed by atoms with Crippen LogP contribution < -0.4 is 57.0 Å². The number of piperazine rings is 1. The summed E-state index contributed by atoms with van der Waals surface area (Å²) in [7, 11) is 0. The van der Waals surface area contributed by atoms with Gasteiger partial charge in [-0.3, -0.25) is 39.1 Å². The molecule has 21 nitrogen and oxygen atoms in total. The molecule has 0 unspecified atom stereocenters. The van der Waals surface area contributed by atoms with E-state index in [1.54, 1.807) is 6.92 Å². The molecule has 0 radical (unpaired) electrons. The van der Waals surface area contributed by atoms with Gasteiger partial charge in [0.1, 0.15) is 42.4 Å². The van der Waals surface area contributed by atoms with Gasteiger partial charge >= 0.3 is 71.5 Å². The molecule has 1 aromatic carbocycles. The number of thioether (sulfide) groups is 1. The van der Waals surface area contributed by atoms with Gasteiger partial charge in [0.2, 0.25) is 5.91 Å². The van der Waals surface area contributed by atoms with Crippen LogP contribution in [0.2, 0.25) is 0 Å². The van der Waals surface area contributed by atoms with Gasteiger partial charge in [0.05, 0.1) is 0 Å². The number of primary amides is 1. The molecule has 0 saturated carbocycles. The SMILES string of the molecule is CCN1CCN(C(=O)N[C@@H](C(=O)N[C@@H]2C(=O)N3C(C(=O)O)=C(COC(N)=O)CS[C@H]23)c2ccc(NC(=O)OC[C@@H](N)C(=O)O)cc2)C(=O)C1=O.[H-].[Na+]. The Morgan fingerprint density at radius 2 is 1.71 bits per heavy atom. The third kappa shape index (κ3) is 9.26. The summed E-state index contributed by atoms with van der Waals surface area (Å²) in [6, 6.07) is -0.161. The number of carboxylic acids is 2. The first-order chi connectivity index (χ1) is 23.6. The van der Waals surface area contributed by atoms with Crippen LogP contribution in [0.3, 0.4) is 0 Å². The molecule has 0 aromatic heterocycles.